The van der Waals surface area contributed by atoms with Gasteiger partial charge in [0.05, 0.1) is 23.9 Å². The lowest BCUT2D eigenvalue weighted by molar-refractivity contribution is -0.122. The van der Waals surface area contributed by atoms with Gasteiger partial charge in [0, 0.05) is 4.47 Å². The van der Waals surface area contributed by atoms with Crippen LogP contribution in [0.1, 0.15) is 25.8 Å². The van der Waals surface area contributed by atoms with Gasteiger partial charge in [-0.05, 0) is 67.5 Å². The van der Waals surface area contributed by atoms with Crippen molar-refractivity contribution in [1.82, 2.24) is 5.32 Å². The maximum Gasteiger partial charge on any atom is 0.270 e. The van der Waals surface area contributed by atoms with Crippen LogP contribution in [0.25, 0.3) is 6.08 Å². The van der Waals surface area contributed by atoms with E-state index in [4.69, 9.17) is 33.3 Å². The monoisotopic (exact) mass is 522 g/mol. The van der Waals surface area contributed by atoms with Crippen LogP contribution >= 0.6 is 39.7 Å². The first-order valence-corrected chi connectivity index (χ1v) is 11.0. The Morgan fingerprint density at radius 1 is 1.29 bits per heavy atom. The van der Waals surface area contributed by atoms with E-state index in [1.165, 1.54) is 18.1 Å². The molecule has 1 aliphatic rings. The highest BCUT2D eigenvalue weighted by atomic mass is 79.9. The van der Waals surface area contributed by atoms with E-state index in [0.717, 1.165) is 10.9 Å². The molecule has 1 N–H and O–H groups in total. The van der Waals surface area contributed by atoms with Gasteiger partial charge < -0.3 is 9.47 Å². The zero-order valence-corrected chi connectivity index (χ0v) is 20.2. The Balaban J connectivity index is 2.01. The normalized spacial score (nSPS) is 16.4. The number of ether oxygens (including phenoxy) is 2. The Kier molecular flexibility index (Phi) is 7.35. The summed E-state index contributed by atoms with van der Waals surface area (Å²) in [5.41, 5.74) is 0.962. The van der Waals surface area contributed by atoms with Gasteiger partial charge in [0.15, 0.2) is 16.6 Å². The van der Waals surface area contributed by atoms with Gasteiger partial charge in [-0.25, -0.2) is 0 Å². The average Bonchev–Trinajstić information content (AvgIpc) is 2.72. The highest BCUT2D eigenvalue weighted by Gasteiger charge is 2.34. The third-order valence-corrected chi connectivity index (χ3v) is 5.68. The maximum absolute atomic E-state index is 13.2. The summed E-state index contributed by atoms with van der Waals surface area (Å²) in [6, 6.07) is 10.3. The lowest BCUT2D eigenvalue weighted by atomic mass is 10.1. The van der Waals surface area contributed by atoms with Crippen LogP contribution in [-0.2, 0) is 9.59 Å². The number of benzene rings is 2. The molecule has 0 bridgehead atoms. The van der Waals surface area contributed by atoms with E-state index in [2.05, 4.69) is 21.2 Å². The zero-order valence-electron chi connectivity index (χ0n) is 17.1. The number of nitrogens with one attached hydrogen (secondary N) is 1. The third-order valence-electron chi connectivity index (χ3n) is 4.62. The van der Waals surface area contributed by atoms with E-state index < -0.39 is 11.8 Å². The number of nitrogens with zero attached hydrogens (tertiary/aromatic N) is 1. The molecule has 1 atom stereocenters. The first-order chi connectivity index (χ1) is 14.7. The second-order valence-corrected chi connectivity index (χ2v) is 8.52. The van der Waals surface area contributed by atoms with Gasteiger partial charge in [-0.1, -0.05) is 40.5 Å². The maximum atomic E-state index is 13.2. The highest BCUT2D eigenvalue weighted by Crippen LogP contribution is 2.38. The van der Waals surface area contributed by atoms with E-state index in [1.807, 2.05) is 19.9 Å². The molecular formula is C22H20BrClN2O4S. The number of carbonyl (C=O) groups excluding carboxylic acids is 2. The Labute approximate surface area is 199 Å². The predicted octanol–water partition coefficient (Wildman–Crippen LogP) is 5.12. The largest absolute Gasteiger partial charge is 0.493 e. The Bertz CT molecular complexity index is 1090. The van der Waals surface area contributed by atoms with E-state index in [9.17, 15) is 9.59 Å². The number of rotatable bonds is 6. The van der Waals surface area contributed by atoms with Gasteiger partial charge in [-0.2, -0.15) is 0 Å². The topological polar surface area (TPSA) is 67.9 Å². The predicted molar refractivity (Wildman–Crippen MR) is 129 cm³/mol. The standard InChI is InChI=1S/C22H20BrClN2O4S/c1-4-12(2)30-19-17(24)9-13(10-18(19)29-3)8-16-20(27)25-22(31)26(21(16)28)15-7-5-6-14(23)11-15/h5-12H,4H2,1-3H3,(H,25,27,31)/b16-8+/t12-/m1/s1. The molecule has 3 rings (SSSR count). The summed E-state index contributed by atoms with van der Waals surface area (Å²) in [5, 5.41) is 2.89. The van der Waals surface area contributed by atoms with Crippen molar-refractivity contribution in [1.29, 1.82) is 0 Å². The summed E-state index contributed by atoms with van der Waals surface area (Å²) >= 11 is 15.0. The molecule has 162 valence electrons. The minimum atomic E-state index is -0.587. The molecule has 0 spiro atoms. The molecule has 1 aliphatic heterocycles. The average molecular weight is 524 g/mol. The fourth-order valence-corrected chi connectivity index (χ4v) is 3.83. The molecule has 2 aromatic rings. The number of methoxy groups -OCH3 is 1. The van der Waals surface area contributed by atoms with Gasteiger partial charge >= 0.3 is 0 Å². The number of amides is 2. The van der Waals surface area contributed by atoms with Crippen molar-refractivity contribution >= 4 is 68.4 Å². The van der Waals surface area contributed by atoms with Crippen LogP contribution in [0.2, 0.25) is 5.02 Å². The van der Waals surface area contributed by atoms with Gasteiger partial charge in [-0.3, -0.25) is 19.8 Å². The Morgan fingerprint density at radius 3 is 2.68 bits per heavy atom. The van der Waals surface area contributed by atoms with Crippen molar-refractivity contribution in [3.8, 4) is 11.5 Å². The molecule has 31 heavy (non-hydrogen) atoms. The highest BCUT2D eigenvalue weighted by molar-refractivity contribution is 9.10. The Morgan fingerprint density at radius 2 is 2.03 bits per heavy atom. The van der Waals surface area contributed by atoms with Gasteiger partial charge in [0.1, 0.15) is 5.57 Å². The molecule has 1 saturated heterocycles. The van der Waals surface area contributed by atoms with E-state index in [-0.39, 0.29) is 16.8 Å². The summed E-state index contributed by atoms with van der Waals surface area (Å²) in [5.74, 6) is -0.308. The molecule has 0 radical (unpaired) electrons. The van der Waals surface area contributed by atoms with Crippen LogP contribution in [0.15, 0.2) is 46.4 Å². The minimum Gasteiger partial charge on any atom is -0.493 e. The molecule has 0 saturated carbocycles. The van der Waals surface area contributed by atoms with Gasteiger partial charge in [0.25, 0.3) is 11.8 Å². The van der Waals surface area contributed by atoms with Crippen molar-refractivity contribution in [3.63, 3.8) is 0 Å². The number of thiocarbonyl (C=S) groups is 1. The van der Waals surface area contributed by atoms with Crippen molar-refractivity contribution in [2.24, 2.45) is 0 Å². The number of carbonyl (C=O) groups is 2. The van der Waals surface area contributed by atoms with Crippen LogP contribution in [-0.4, -0.2) is 30.1 Å². The van der Waals surface area contributed by atoms with Crippen LogP contribution in [0.4, 0.5) is 5.69 Å². The fourth-order valence-electron chi connectivity index (χ4n) is 2.90. The SMILES string of the molecule is CC[C@@H](C)Oc1c(Cl)cc(/C=C2\C(=O)NC(=S)N(c3cccc(Br)c3)C2=O)cc1OC. The number of hydrogen-bond acceptors (Lipinski definition) is 5. The second kappa shape index (κ2) is 9.80. The molecule has 2 amide bonds. The third kappa shape index (κ3) is 5.08. The summed E-state index contributed by atoms with van der Waals surface area (Å²) < 4.78 is 12.0. The van der Waals surface area contributed by atoms with Gasteiger partial charge in [0.2, 0.25) is 0 Å². The fraction of sp³-hybridized carbons (Fsp3) is 0.227. The summed E-state index contributed by atoms with van der Waals surface area (Å²) in [6.07, 6.45) is 2.19. The molecule has 1 fully saturated rings. The van der Waals surface area contributed by atoms with E-state index in [1.54, 1.807) is 30.3 Å². The molecule has 6 nitrogen and oxygen atoms in total. The summed E-state index contributed by atoms with van der Waals surface area (Å²) in [7, 11) is 1.50. The van der Waals surface area contributed by atoms with Gasteiger partial charge in [-0.15, -0.1) is 0 Å². The molecular weight excluding hydrogens is 504 g/mol. The molecule has 0 aliphatic carbocycles. The first kappa shape index (κ1) is 23.2. The summed E-state index contributed by atoms with van der Waals surface area (Å²) in [4.78, 5) is 27.0. The van der Waals surface area contributed by atoms with Crippen molar-refractivity contribution in [2.75, 3.05) is 12.0 Å². The molecule has 1 heterocycles. The lowest BCUT2D eigenvalue weighted by Gasteiger charge is -2.29. The number of anilines is 1. The molecule has 9 heteroatoms. The van der Waals surface area contributed by atoms with Crippen molar-refractivity contribution in [2.45, 2.75) is 26.4 Å². The minimum absolute atomic E-state index is 0.0122. The second-order valence-electron chi connectivity index (χ2n) is 6.81. The quantitative estimate of drug-likeness (QED) is 0.323. The smallest absolute Gasteiger partial charge is 0.270 e. The lowest BCUT2D eigenvalue weighted by Crippen LogP contribution is -2.54. The van der Waals surface area contributed by atoms with Crippen LogP contribution in [0, 0.1) is 0 Å². The van der Waals surface area contributed by atoms with Crippen LogP contribution in [0.3, 0.4) is 0 Å². The molecule has 0 aromatic heterocycles. The molecule has 0 unspecified atom stereocenters. The van der Waals surface area contributed by atoms with Crippen molar-refractivity contribution < 1.29 is 19.1 Å². The van der Waals surface area contributed by atoms with E-state index in [0.29, 0.717) is 27.8 Å². The van der Waals surface area contributed by atoms with Crippen molar-refractivity contribution in [3.05, 3.63) is 57.0 Å². The summed E-state index contributed by atoms with van der Waals surface area (Å²) in [6.45, 7) is 3.93. The zero-order chi connectivity index (χ0) is 22.7. The van der Waals surface area contributed by atoms with Crippen LogP contribution in [0.5, 0.6) is 11.5 Å². The Hall–Kier alpha value is -2.42. The number of halogens is 2. The number of hydrogen-bond donors (Lipinski definition) is 1. The first-order valence-electron chi connectivity index (χ1n) is 9.46. The van der Waals surface area contributed by atoms with E-state index >= 15 is 0 Å². The van der Waals surface area contributed by atoms with Crippen LogP contribution < -0.4 is 19.7 Å². The molecule has 2 aromatic carbocycles.